The lowest BCUT2D eigenvalue weighted by Crippen LogP contribution is -1.94. The number of aliphatic hydroxyl groups excluding tert-OH is 1. The molecular formula is C18H17NO2. The van der Waals surface area contributed by atoms with E-state index in [2.05, 4.69) is 24.0 Å². The van der Waals surface area contributed by atoms with Gasteiger partial charge in [-0.25, -0.2) is 0 Å². The second-order valence-electron chi connectivity index (χ2n) is 4.89. The van der Waals surface area contributed by atoms with Gasteiger partial charge in [0, 0.05) is 11.5 Å². The van der Waals surface area contributed by atoms with E-state index < -0.39 is 0 Å². The Kier molecular flexibility index (Phi) is 3.84. The molecule has 3 aromatic rings. The number of hydrogen-bond donors (Lipinski definition) is 1. The Bertz CT molecular complexity index is 751. The van der Waals surface area contributed by atoms with E-state index in [1.165, 1.54) is 5.56 Å². The van der Waals surface area contributed by atoms with Crippen LogP contribution in [0.15, 0.2) is 54.6 Å². The van der Waals surface area contributed by atoms with Crippen LogP contribution in [0.3, 0.4) is 0 Å². The molecule has 0 bridgehead atoms. The number of aliphatic hydroxyl groups is 1. The van der Waals surface area contributed by atoms with E-state index in [1.807, 2.05) is 36.4 Å². The molecule has 0 radical (unpaired) electrons. The SMILES string of the molecule is CCc1ccc(Oc2cc(CO)nc3ccccc23)cc1. The highest BCUT2D eigenvalue weighted by atomic mass is 16.5. The summed E-state index contributed by atoms with van der Waals surface area (Å²) in [5, 5.41) is 10.3. The zero-order valence-electron chi connectivity index (χ0n) is 11.9. The molecule has 0 atom stereocenters. The fourth-order valence-corrected chi connectivity index (χ4v) is 2.28. The lowest BCUT2D eigenvalue weighted by Gasteiger charge is -2.10. The van der Waals surface area contributed by atoms with Crippen molar-refractivity contribution in [2.45, 2.75) is 20.0 Å². The minimum Gasteiger partial charge on any atom is -0.457 e. The Hall–Kier alpha value is -2.39. The lowest BCUT2D eigenvalue weighted by atomic mass is 10.1. The normalized spacial score (nSPS) is 10.8. The standard InChI is InChI=1S/C18H17NO2/c1-2-13-7-9-15(10-8-13)21-18-11-14(12-20)19-17-6-4-3-5-16(17)18/h3-11,20H,2,12H2,1H3. The maximum absolute atomic E-state index is 9.34. The second kappa shape index (κ2) is 5.94. The van der Waals surface area contributed by atoms with E-state index >= 15 is 0 Å². The molecule has 0 aliphatic heterocycles. The summed E-state index contributed by atoms with van der Waals surface area (Å²) < 4.78 is 5.98. The van der Waals surface area contributed by atoms with E-state index in [-0.39, 0.29) is 6.61 Å². The van der Waals surface area contributed by atoms with Gasteiger partial charge in [-0.15, -0.1) is 0 Å². The summed E-state index contributed by atoms with van der Waals surface area (Å²) in [4.78, 5) is 4.39. The second-order valence-corrected chi connectivity index (χ2v) is 4.89. The average Bonchev–Trinajstić information content (AvgIpc) is 2.55. The van der Waals surface area contributed by atoms with Gasteiger partial charge >= 0.3 is 0 Å². The first-order valence-electron chi connectivity index (χ1n) is 7.06. The topological polar surface area (TPSA) is 42.4 Å². The molecule has 21 heavy (non-hydrogen) atoms. The Labute approximate surface area is 123 Å². The van der Waals surface area contributed by atoms with Crippen LogP contribution in [-0.4, -0.2) is 10.1 Å². The van der Waals surface area contributed by atoms with Crippen molar-refractivity contribution in [3.63, 3.8) is 0 Å². The first-order chi connectivity index (χ1) is 10.3. The Balaban J connectivity index is 2.01. The molecule has 0 saturated carbocycles. The summed E-state index contributed by atoms with van der Waals surface area (Å²) in [6.07, 6.45) is 1.01. The van der Waals surface area contributed by atoms with Crippen molar-refractivity contribution in [3.8, 4) is 11.5 Å². The third-order valence-corrected chi connectivity index (χ3v) is 3.45. The van der Waals surface area contributed by atoms with Gasteiger partial charge in [-0.3, -0.25) is 4.98 Å². The number of nitrogens with zero attached hydrogens (tertiary/aromatic N) is 1. The number of pyridine rings is 1. The molecule has 1 heterocycles. The zero-order valence-corrected chi connectivity index (χ0v) is 11.9. The summed E-state index contributed by atoms with van der Waals surface area (Å²) in [5.74, 6) is 1.50. The Morgan fingerprint density at radius 2 is 1.81 bits per heavy atom. The molecule has 3 nitrogen and oxygen atoms in total. The summed E-state index contributed by atoms with van der Waals surface area (Å²) in [7, 11) is 0. The zero-order chi connectivity index (χ0) is 14.7. The number of fused-ring (bicyclic) bond motifs is 1. The van der Waals surface area contributed by atoms with Crippen LogP contribution in [0.5, 0.6) is 11.5 Å². The van der Waals surface area contributed by atoms with Crippen molar-refractivity contribution in [1.29, 1.82) is 0 Å². The van der Waals surface area contributed by atoms with Crippen molar-refractivity contribution >= 4 is 10.9 Å². The average molecular weight is 279 g/mol. The van der Waals surface area contributed by atoms with Crippen molar-refractivity contribution in [2.24, 2.45) is 0 Å². The fraction of sp³-hybridized carbons (Fsp3) is 0.167. The van der Waals surface area contributed by atoms with Crippen LogP contribution in [0, 0.1) is 0 Å². The van der Waals surface area contributed by atoms with Gasteiger partial charge in [0.2, 0.25) is 0 Å². The van der Waals surface area contributed by atoms with Crippen LogP contribution >= 0.6 is 0 Å². The van der Waals surface area contributed by atoms with Gasteiger partial charge in [-0.2, -0.15) is 0 Å². The molecule has 1 aromatic heterocycles. The van der Waals surface area contributed by atoms with Crippen LogP contribution < -0.4 is 4.74 Å². The molecule has 0 amide bonds. The molecule has 1 N–H and O–H groups in total. The molecular weight excluding hydrogens is 262 g/mol. The van der Waals surface area contributed by atoms with E-state index in [4.69, 9.17) is 4.74 Å². The minimum absolute atomic E-state index is 0.101. The van der Waals surface area contributed by atoms with Crippen LogP contribution in [0.4, 0.5) is 0 Å². The molecule has 3 heteroatoms. The first kappa shape index (κ1) is 13.6. The van der Waals surface area contributed by atoms with Crippen LogP contribution in [0.1, 0.15) is 18.2 Å². The summed E-state index contributed by atoms with van der Waals surface area (Å²) in [6, 6.07) is 17.6. The highest BCUT2D eigenvalue weighted by Crippen LogP contribution is 2.30. The van der Waals surface area contributed by atoms with Crippen molar-refractivity contribution in [1.82, 2.24) is 4.98 Å². The van der Waals surface area contributed by atoms with Crippen molar-refractivity contribution < 1.29 is 9.84 Å². The van der Waals surface area contributed by atoms with Gasteiger partial charge < -0.3 is 9.84 Å². The van der Waals surface area contributed by atoms with Gasteiger partial charge in [0.1, 0.15) is 11.5 Å². The van der Waals surface area contributed by atoms with E-state index in [0.717, 1.165) is 23.1 Å². The quantitative estimate of drug-likeness (QED) is 0.782. The Morgan fingerprint density at radius 1 is 1.05 bits per heavy atom. The number of rotatable bonds is 4. The summed E-state index contributed by atoms with van der Waals surface area (Å²) in [6.45, 7) is 2.02. The van der Waals surface area contributed by atoms with Crippen LogP contribution in [0.25, 0.3) is 10.9 Å². The molecule has 3 rings (SSSR count). The van der Waals surface area contributed by atoms with E-state index in [9.17, 15) is 5.11 Å². The predicted molar refractivity (Wildman–Crippen MR) is 83.6 cm³/mol. The van der Waals surface area contributed by atoms with Gasteiger partial charge in [-0.1, -0.05) is 31.2 Å². The van der Waals surface area contributed by atoms with Gasteiger partial charge in [0.25, 0.3) is 0 Å². The monoisotopic (exact) mass is 279 g/mol. The number of aryl methyl sites for hydroxylation is 1. The predicted octanol–water partition coefficient (Wildman–Crippen LogP) is 4.08. The van der Waals surface area contributed by atoms with Gasteiger partial charge in [0.05, 0.1) is 17.8 Å². The smallest absolute Gasteiger partial charge is 0.138 e. The largest absolute Gasteiger partial charge is 0.457 e. The molecule has 0 spiro atoms. The Morgan fingerprint density at radius 3 is 2.52 bits per heavy atom. The van der Waals surface area contributed by atoms with Crippen LogP contribution in [0.2, 0.25) is 0 Å². The first-order valence-corrected chi connectivity index (χ1v) is 7.06. The molecule has 0 unspecified atom stereocenters. The number of para-hydroxylation sites is 1. The number of aromatic nitrogens is 1. The maximum Gasteiger partial charge on any atom is 0.138 e. The molecule has 0 aliphatic rings. The minimum atomic E-state index is -0.101. The molecule has 106 valence electrons. The van der Waals surface area contributed by atoms with Gasteiger partial charge in [0.15, 0.2) is 0 Å². The molecule has 2 aromatic carbocycles. The molecule has 0 saturated heterocycles. The number of benzene rings is 2. The van der Waals surface area contributed by atoms with Crippen LogP contribution in [-0.2, 0) is 13.0 Å². The van der Waals surface area contributed by atoms with E-state index in [0.29, 0.717) is 11.4 Å². The molecule has 0 aliphatic carbocycles. The van der Waals surface area contributed by atoms with Crippen molar-refractivity contribution in [2.75, 3.05) is 0 Å². The van der Waals surface area contributed by atoms with Gasteiger partial charge in [-0.05, 0) is 36.2 Å². The number of ether oxygens (including phenoxy) is 1. The third kappa shape index (κ3) is 2.88. The lowest BCUT2D eigenvalue weighted by molar-refractivity contribution is 0.277. The highest BCUT2D eigenvalue weighted by Gasteiger charge is 2.07. The van der Waals surface area contributed by atoms with E-state index in [1.54, 1.807) is 6.07 Å². The molecule has 0 fully saturated rings. The van der Waals surface area contributed by atoms with Crippen molar-refractivity contribution in [3.05, 3.63) is 65.9 Å². The third-order valence-electron chi connectivity index (χ3n) is 3.45. The highest BCUT2D eigenvalue weighted by molar-refractivity contribution is 5.85. The summed E-state index contributed by atoms with van der Waals surface area (Å²) >= 11 is 0. The number of hydrogen-bond acceptors (Lipinski definition) is 3. The fourth-order valence-electron chi connectivity index (χ4n) is 2.28. The summed E-state index contributed by atoms with van der Waals surface area (Å²) in [5.41, 5.74) is 2.70. The maximum atomic E-state index is 9.34.